The number of hydrogen-bond donors (Lipinski definition) is 1. The van der Waals surface area contributed by atoms with Crippen LogP contribution in [0, 0.1) is 16.7 Å². The van der Waals surface area contributed by atoms with Crippen molar-refractivity contribution in [3.8, 4) is 0 Å². The van der Waals surface area contributed by atoms with E-state index in [1.807, 2.05) is 30.3 Å². The summed E-state index contributed by atoms with van der Waals surface area (Å²) in [5.41, 5.74) is 8.07. The van der Waals surface area contributed by atoms with Gasteiger partial charge < -0.3 is 0 Å². The van der Waals surface area contributed by atoms with E-state index in [-0.39, 0.29) is 11.3 Å². The van der Waals surface area contributed by atoms with Crippen LogP contribution in [0.15, 0.2) is 46.6 Å². The summed E-state index contributed by atoms with van der Waals surface area (Å²) in [4.78, 5) is 12.3. The zero-order chi connectivity index (χ0) is 18.9. The highest BCUT2D eigenvalue weighted by atomic mass is 16.2. The molecule has 26 heavy (non-hydrogen) atoms. The van der Waals surface area contributed by atoms with Crippen molar-refractivity contribution in [3.63, 3.8) is 0 Å². The minimum atomic E-state index is -0.144. The number of nitrogens with one attached hydrogen (secondary N) is 1. The lowest BCUT2D eigenvalue weighted by molar-refractivity contribution is 0.0953. The van der Waals surface area contributed by atoms with Gasteiger partial charge in [0.1, 0.15) is 0 Å². The minimum Gasteiger partial charge on any atom is -0.267 e. The molecule has 1 amide bonds. The number of amides is 1. The van der Waals surface area contributed by atoms with E-state index in [2.05, 4.69) is 45.1 Å². The maximum Gasteiger partial charge on any atom is 0.271 e. The van der Waals surface area contributed by atoms with E-state index in [1.165, 1.54) is 19.3 Å². The highest BCUT2D eigenvalue weighted by Crippen LogP contribution is 2.54. The molecule has 0 spiro atoms. The summed E-state index contributed by atoms with van der Waals surface area (Å²) in [5.74, 6) is 0.391. The SMILES string of the molecule is C/C(=N/NC(=O)c1ccccc1)[C@@]1(C)CC2=C(CCCC2(C)C)C[C@@H]1C. The fourth-order valence-electron chi connectivity index (χ4n) is 4.65. The third-order valence-corrected chi connectivity index (χ3v) is 6.90. The van der Waals surface area contributed by atoms with E-state index in [9.17, 15) is 4.79 Å². The Morgan fingerprint density at radius 3 is 2.58 bits per heavy atom. The van der Waals surface area contributed by atoms with Crippen LogP contribution in [0.3, 0.4) is 0 Å². The molecule has 0 saturated carbocycles. The van der Waals surface area contributed by atoms with Crippen molar-refractivity contribution in [2.75, 3.05) is 0 Å². The quantitative estimate of drug-likeness (QED) is 0.421. The zero-order valence-corrected chi connectivity index (χ0v) is 16.9. The molecule has 2 aliphatic carbocycles. The Labute approximate surface area is 158 Å². The van der Waals surface area contributed by atoms with E-state index >= 15 is 0 Å². The first-order valence-electron chi connectivity index (χ1n) is 9.85. The summed E-state index contributed by atoms with van der Waals surface area (Å²) in [5, 5.41) is 4.53. The number of hydrazone groups is 1. The van der Waals surface area contributed by atoms with Crippen LogP contribution in [0.1, 0.15) is 77.1 Å². The summed E-state index contributed by atoms with van der Waals surface area (Å²) in [6.07, 6.45) is 6.08. The lowest BCUT2D eigenvalue weighted by atomic mass is 9.57. The van der Waals surface area contributed by atoms with Gasteiger partial charge in [-0.05, 0) is 62.5 Å². The molecule has 1 aromatic carbocycles. The van der Waals surface area contributed by atoms with Crippen LogP contribution < -0.4 is 5.43 Å². The average molecular weight is 353 g/mol. The minimum absolute atomic E-state index is 0.00257. The van der Waals surface area contributed by atoms with Gasteiger partial charge >= 0.3 is 0 Å². The molecule has 0 unspecified atom stereocenters. The van der Waals surface area contributed by atoms with Gasteiger partial charge in [0, 0.05) is 16.7 Å². The Hall–Kier alpha value is -1.90. The van der Waals surface area contributed by atoms with Crippen molar-refractivity contribution in [2.24, 2.45) is 21.8 Å². The molecule has 0 fully saturated rings. The van der Waals surface area contributed by atoms with E-state index in [4.69, 9.17) is 0 Å². The number of carbonyl (C=O) groups is 1. The molecule has 1 N–H and O–H groups in total. The molecule has 0 aromatic heterocycles. The van der Waals surface area contributed by atoms with E-state index in [1.54, 1.807) is 11.1 Å². The van der Waals surface area contributed by atoms with E-state index < -0.39 is 0 Å². The monoisotopic (exact) mass is 352 g/mol. The van der Waals surface area contributed by atoms with Crippen molar-refractivity contribution < 1.29 is 4.79 Å². The largest absolute Gasteiger partial charge is 0.271 e. The number of allylic oxidation sites excluding steroid dienone is 2. The van der Waals surface area contributed by atoms with Crippen LogP contribution in [-0.2, 0) is 0 Å². The number of benzene rings is 1. The van der Waals surface area contributed by atoms with Crippen LogP contribution >= 0.6 is 0 Å². The Balaban J connectivity index is 1.81. The first kappa shape index (κ1) is 18.9. The second-order valence-corrected chi connectivity index (χ2v) is 9.02. The summed E-state index contributed by atoms with van der Waals surface area (Å²) in [6, 6.07) is 9.27. The molecule has 140 valence electrons. The average Bonchev–Trinajstić information content (AvgIpc) is 2.61. The zero-order valence-electron chi connectivity index (χ0n) is 16.9. The molecule has 3 heteroatoms. The Morgan fingerprint density at radius 1 is 1.19 bits per heavy atom. The molecular formula is C23H32N2O. The number of carbonyl (C=O) groups excluding carboxylic acids is 1. The van der Waals surface area contributed by atoms with E-state index in [0.717, 1.165) is 18.6 Å². The van der Waals surface area contributed by atoms with Gasteiger partial charge in [-0.1, -0.05) is 57.0 Å². The summed E-state index contributed by atoms with van der Waals surface area (Å²) < 4.78 is 0. The maximum atomic E-state index is 12.3. The van der Waals surface area contributed by atoms with Gasteiger partial charge in [-0.3, -0.25) is 4.79 Å². The predicted molar refractivity (Wildman–Crippen MR) is 108 cm³/mol. The van der Waals surface area contributed by atoms with Gasteiger partial charge in [0.25, 0.3) is 5.91 Å². The third-order valence-electron chi connectivity index (χ3n) is 6.90. The lowest BCUT2D eigenvalue weighted by Gasteiger charge is -2.48. The molecular weight excluding hydrogens is 320 g/mol. The maximum absolute atomic E-state index is 12.3. The molecule has 0 saturated heterocycles. The van der Waals surface area contributed by atoms with E-state index in [0.29, 0.717) is 16.9 Å². The standard InChI is InChI=1S/C23H32N2O/c1-16-14-19-12-9-13-22(3,4)20(19)15-23(16,5)17(2)24-25-21(26)18-10-7-6-8-11-18/h6-8,10-11,16H,9,12-15H2,1-5H3,(H,25,26)/b24-17-/t16-,23-/m0/s1. The van der Waals surface area contributed by atoms with Gasteiger partial charge in [-0.15, -0.1) is 0 Å². The highest BCUT2D eigenvalue weighted by Gasteiger charge is 2.44. The van der Waals surface area contributed by atoms with Crippen LogP contribution in [0.2, 0.25) is 0 Å². The molecule has 2 aliphatic rings. The van der Waals surface area contributed by atoms with Gasteiger partial charge in [-0.25, -0.2) is 5.43 Å². The van der Waals surface area contributed by atoms with Gasteiger partial charge in [0.2, 0.25) is 0 Å². The van der Waals surface area contributed by atoms with Gasteiger partial charge in [0.05, 0.1) is 0 Å². The van der Waals surface area contributed by atoms with Crippen LogP contribution in [0.5, 0.6) is 0 Å². The van der Waals surface area contributed by atoms with Crippen LogP contribution in [-0.4, -0.2) is 11.6 Å². The number of hydrogen-bond acceptors (Lipinski definition) is 2. The van der Waals surface area contributed by atoms with Gasteiger partial charge in [0.15, 0.2) is 0 Å². The van der Waals surface area contributed by atoms with Crippen molar-refractivity contribution in [3.05, 3.63) is 47.0 Å². The molecule has 1 aromatic rings. The first-order chi connectivity index (χ1) is 12.2. The molecule has 0 radical (unpaired) electrons. The Kier molecular flexibility index (Phi) is 5.09. The summed E-state index contributed by atoms with van der Waals surface area (Å²) in [7, 11) is 0. The highest BCUT2D eigenvalue weighted by molar-refractivity contribution is 5.96. The lowest BCUT2D eigenvalue weighted by Crippen LogP contribution is -2.41. The van der Waals surface area contributed by atoms with Crippen LogP contribution in [0.25, 0.3) is 0 Å². The topological polar surface area (TPSA) is 41.5 Å². The fourth-order valence-corrected chi connectivity index (χ4v) is 4.65. The van der Waals surface area contributed by atoms with Crippen molar-refractivity contribution in [2.45, 2.75) is 66.7 Å². The fraction of sp³-hybridized carbons (Fsp3) is 0.565. The summed E-state index contributed by atoms with van der Waals surface area (Å²) >= 11 is 0. The number of rotatable bonds is 3. The smallest absolute Gasteiger partial charge is 0.267 e. The molecule has 0 heterocycles. The molecule has 0 aliphatic heterocycles. The normalized spacial score (nSPS) is 28.5. The van der Waals surface area contributed by atoms with Crippen LogP contribution in [0.4, 0.5) is 0 Å². The molecule has 3 rings (SSSR count). The predicted octanol–water partition coefficient (Wildman–Crippen LogP) is 5.74. The second kappa shape index (κ2) is 7.02. The summed E-state index contributed by atoms with van der Waals surface area (Å²) in [6.45, 7) is 11.5. The molecule has 3 nitrogen and oxygen atoms in total. The van der Waals surface area contributed by atoms with Crippen molar-refractivity contribution >= 4 is 11.6 Å². The number of nitrogens with zero attached hydrogens (tertiary/aromatic N) is 1. The second-order valence-electron chi connectivity index (χ2n) is 9.02. The third kappa shape index (κ3) is 3.49. The van der Waals surface area contributed by atoms with Crippen molar-refractivity contribution in [1.82, 2.24) is 5.43 Å². The first-order valence-corrected chi connectivity index (χ1v) is 9.85. The van der Waals surface area contributed by atoms with Gasteiger partial charge in [-0.2, -0.15) is 5.10 Å². The molecule has 2 atom stereocenters. The Bertz CT molecular complexity index is 745. The molecule has 0 bridgehead atoms. The van der Waals surface area contributed by atoms with Crippen molar-refractivity contribution in [1.29, 1.82) is 0 Å². The Morgan fingerprint density at radius 2 is 1.88 bits per heavy atom.